The Bertz CT molecular complexity index is 408. The lowest BCUT2D eigenvalue weighted by atomic mass is 9.70. The van der Waals surface area contributed by atoms with Gasteiger partial charge in [0.2, 0.25) is 0 Å². The number of carboxylic acid groups (broad SMARTS) is 1. The zero-order valence-corrected chi connectivity index (χ0v) is 11.4. The van der Waals surface area contributed by atoms with Crippen molar-refractivity contribution in [2.45, 2.75) is 38.5 Å². The first-order valence-electron chi connectivity index (χ1n) is 6.10. The molecule has 0 spiro atoms. The molecule has 0 atom stereocenters. The quantitative estimate of drug-likeness (QED) is 0.914. The van der Waals surface area contributed by atoms with Crippen LogP contribution < -0.4 is 0 Å². The Morgan fingerprint density at radius 3 is 2.59 bits per heavy atom. The number of halogens is 1. The molecule has 1 aromatic carbocycles. The first-order chi connectivity index (χ1) is 8.12. The van der Waals surface area contributed by atoms with Crippen molar-refractivity contribution < 1.29 is 9.90 Å². The van der Waals surface area contributed by atoms with Crippen LogP contribution in [-0.4, -0.2) is 11.1 Å². The van der Waals surface area contributed by atoms with Crippen LogP contribution in [0, 0.1) is 5.41 Å². The van der Waals surface area contributed by atoms with E-state index in [-0.39, 0.29) is 0 Å². The van der Waals surface area contributed by atoms with Gasteiger partial charge in [-0.25, -0.2) is 0 Å². The largest absolute Gasteiger partial charge is 0.481 e. The molecule has 3 heteroatoms. The molecule has 0 unspecified atom stereocenters. The van der Waals surface area contributed by atoms with Gasteiger partial charge in [-0.3, -0.25) is 4.79 Å². The maximum Gasteiger partial charge on any atom is 0.309 e. The van der Waals surface area contributed by atoms with E-state index < -0.39 is 11.4 Å². The molecule has 1 saturated carbocycles. The van der Waals surface area contributed by atoms with Gasteiger partial charge in [-0.15, -0.1) is 0 Å². The van der Waals surface area contributed by atoms with Gasteiger partial charge in [0, 0.05) is 4.47 Å². The van der Waals surface area contributed by atoms with Crippen molar-refractivity contribution in [3.63, 3.8) is 0 Å². The number of benzene rings is 1. The summed E-state index contributed by atoms with van der Waals surface area (Å²) in [5, 5.41) is 9.51. The summed E-state index contributed by atoms with van der Waals surface area (Å²) in [4.78, 5) is 11.6. The average Bonchev–Trinajstić information content (AvgIpc) is 2.30. The van der Waals surface area contributed by atoms with Crippen molar-refractivity contribution in [1.29, 1.82) is 0 Å². The summed E-state index contributed by atoms with van der Waals surface area (Å²) in [5.74, 6) is -0.628. The first-order valence-corrected chi connectivity index (χ1v) is 6.90. The fourth-order valence-electron chi connectivity index (χ4n) is 2.73. The molecule has 0 amide bonds. The van der Waals surface area contributed by atoms with E-state index in [1.165, 1.54) is 6.42 Å². The number of carboxylic acids is 1. The Balaban J connectivity index is 2.20. The molecule has 1 fully saturated rings. The highest BCUT2D eigenvalue weighted by Crippen LogP contribution is 2.39. The summed E-state index contributed by atoms with van der Waals surface area (Å²) in [6, 6.07) is 7.99. The van der Waals surface area contributed by atoms with Crippen LogP contribution in [0.3, 0.4) is 0 Å². The molecule has 2 rings (SSSR count). The van der Waals surface area contributed by atoms with Crippen LogP contribution in [0.5, 0.6) is 0 Å². The number of rotatable bonds is 3. The zero-order chi connectivity index (χ0) is 12.3. The van der Waals surface area contributed by atoms with Crippen LogP contribution in [0.1, 0.15) is 37.7 Å². The van der Waals surface area contributed by atoms with E-state index in [0.29, 0.717) is 6.42 Å². The molecule has 0 aromatic heterocycles. The van der Waals surface area contributed by atoms with Gasteiger partial charge in [-0.1, -0.05) is 47.3 Å². The van der Waals surface area contributed by atoms with Crippen LogP contribution >= 0.6 is 15.9 Å². The minimum Gasteiger partial charge on any atom is -0.481 e. The van der Waals surface area contributed by atoms with E-state index in [4.69, 9.17) is 0 Å². The molecule has 0 bridgehead atoms. The summed E-state index contributed by atoms with van der Waals surface area (Å²) in [7, 11) is 0. The molecular weight excluding hydrogens is 280 g/mol. The highest BCUT2D eigenvalue weighted by molar-refractivity contribution is 9.10. The van der Waals surface area contributed by atoms with Gasteiger partial charge >= 0.3 is 5.97 Å². The lowest BCUT2D eigenvalue weighted by Crippen LogP contribution is -2.35. The fraction of sp³-hybridized carbons (Fsp3) is 0.500. The SMILES string of the molecule is O=C(O)C1(Cc2cccc(Br)c2)CCCCC1. The third-order valence-corrected chi connectivity index (χ3v) is 4.19. The monoisotopic (exact) mass is 296 g/mol. The second-order valence-corrected chi connectivity index (χ2v) is 5.87. The topological polar surface area (TPSA) is 37.3 Å². The number of carbonyl (C=O) groups is 1. The van der Waals surface area contributed by atoms with Crippen molar-refractivity contribution in [2.24, 2.45) is 5.41 Å². The minimum atomic E-state index is -0.628. The molecule has 17 heavy (non-hydrogen) atoms. The van der Waals surface area contributed by atoms with Gasteiger partial charge in [0.25, 0.3) is 0 Å². The van der Waals surface area contributed by atoms with Gasteiger partial charge in [-0.05, 0) is 37.0 Å². The van der Waals surface area contributed by atoms with Crippen LogP contribution in [-0.2, 0) is 11.2 Å². The summed E-state index contributed by atoms with van der Waals surface area (Å²) >= 11 is 3.43. The van der Waals surface area contributed by atoms with E-state index in [1.807, 2.05) is 24.3 Å². The Labute approximate surface area is 110 Å². The molecule has 1 N–H and O–H groups in total. The standard InChI is InChI=1S/C14H17BrO2/c15-12-6-4-5-11(9-12)10-14(13(16)17)7-2-1-3-8-14/h4-6,9H,1-3,7-8,10H2,(H,16,17). The smallest absolute Gasteiger partial charge is 0.309 e. The molecule has 0 radical (unpaired) electrons. The van der Waals surface area contributed by atoms with Crippen LogP contribution in [0.4, 0.5) is 0 Å². The summed E-state index contributed by atoms with van der Waals surface area (Å²) in [6.07, 6.45) is 5.54. The van der Waals surface area contributed by atoms with Gasteiger partial charge in [0.15, 0.2) is 0 Å². The van der Waals surface area contributed by atoms with Crippen LogP contribution in [0.2, 0.25) is 0 Å². The Morgan fingerprint density at radius 2 is 2.00 bits per heavy atom. The molecule has 0 aliphatic heterocycles. The molecule has 0 saturated heterocycles. The molecule has 2 nitrogen and oxygen atoms in total. The Morgan fingerprint density at radius 1 is 1.29 bits per heavy atom. The van der Waals surface area contributed by atoms with Crippen LogP contribution in [0.25, 0.3) is 0 Å². The second kappa shape index (κ2) is 5.21. The van der Waals surface area contributed by atoms with E-state index in [0.717, 1.165) is 35.7 Å². The highest BCUT2D eigenvalue weighted by Gasteiger charge is 2.39. The molecule has 0 heterocycles. The Hall–Kier alpha value is -0.830. The van der Waals surface area contributed by atoms with Crippen molar-refractivity contribution in [1.82, 2.24) is 0 Å². The third kappa shape index (κ3) is 2.89. The van der Waals surface area contributed by atoms with E-state index in [1.54, 1.807) is 0 Å². The van der Waals surface area contributed by atoms with Gasteiger partial charge in [0.1, 0.15) is 0 Å². The fourth-order valence-corrected chi connectivity index (χ4v) is 3.18. The van der Waals surface area contributed by atoms with Gasteiger partial charge in [-0.2, -0.15) is 0 Å². The molecule has 92 valence electrons. The van der Waals surface area contributed by atoms with Gasteiger partial charge < -0.3 is 5.11 Å². The zero-order valence-electron chi connectivity index (χ0n) is 9.79. The Kier molecular flexibility index (Phi) is 3.87. The van der Waals surface area contributed by atoms with E-state index >= 15 is 0 Å². The summed E-state index contributed by atoms with van der Waals surface area (Å²) < 4.78 is 1.02. The van der Waals surface area contributed by atoms with Crippen molar-refractivity contribution >= 4 is 21.9 Å². The first kappa shape index (κ1) is 12.6. The average molecular weight is 297 g/mol. The molecule has 1 aliphatic carbocycles. The van der Waals surface area contributed by atoms with Crippen molar-refractivity contribution in [3.8, 4) is 0 Å². The highest BCUT2D eigenvalue weighted by atomic mass is 79.9. The summed E-state index contributed by atoms with van der Waals surface area (Å²) in [6.45, 7) is 0. The van der Waals surface area contributed by atoms with E-state index in [9.17, 15) is 9.90 Å². The maximum absolute atomic E-state index is 11.6. The maximum atomic E-state index is 11.6. The van der Waals surface area contributed by atoms with Gasteiger partial charge in [0.05, 0.1) is 5.41 Å². The van der Waals surface area contributed by atoms with Crippen molar-refractivity contribution in [3.05, 3.63) is 34.3 Å². The number of aliphatic carboxylic acids is 1. The normalized spacial score (nSPS) is 18.9. The predicted octanol–water partition coefficient (Wildman–Crippen LogP) is 4.03. The third-order valence-electron chi connectivity index (χ3n) is 3.70. The van der Waals surface area contributed by atoms with Crippen molar-refractivity contribution in [2.75, 3.05) is 0 Å². The summed E-state index contributed by atoms with van der Waals surface area (Å²) in [5.41, 5.74) is 0.586. The second-order valence-electron chi connectivity index (χ2n) is 4.95. The number of hydrogen-bond acceptors (Lipinski definition) is 1. The predicted molar refractivity (Wildman–Crippen MR) is 71.0 cm³/mol. The number of hydrogen-bond donors (Lipinski definition) is 1. The van der Waals surface area contributed by atoms with Crippen LogP contribution in [0.15, 0.2) is 28.7 Å². The minimum absolute atomic E-state index is 0.529. The molecule has 1 aromatic rings. The lowest BCUT2D eigenvalue weighted by molar-refractivity contribution is -0.151. The van der Waals surface area contributed by atoms with E-state index in [2.05, 4.69) is 15.9 Å². The lowest BCUT2D eigenvalue weighted by Gasteiger charge is -2.33. The molecular formula is C14H17BrO2. The molecule has 1 aliphatic rings.